The topological polar surface area (TPSA) is 40.5 Å². The number of aliphatic hydroxyl groups is 2. The van der Waals surface area contributed by atoms with Crippen LogP contribution in [0.4, 0.5) is 0 Å². The molecule has 7 atom stereocenters. The lowest BCUT2D eigenvalue weighted by atomic mass is 9.49. The van der Waals surface area contributed by atoms with Crippen molar-refractivity contribution in [2.75, 3.05) is 0 Å². The minimum absolute atomic E-state index is 0.0476. The molecule has 0 heterocycles. The lowest BCUT2D eigenvalue weighted by Gasteiger charge is -2.56. The van der Waals surface area contributed by atoms with Gasteiger partial charge in [-0.3, -0.25) is 0 Å². The van der Waals surface area contributed by atoms with Gasteiger partial charge < -0.3 is 10.2 Å². The van der Waals surface area contributed by atoms with Crippen molar-refractivity contribution in [2.24, 2.45) is 34.5 Å². The van der Waals surface area contributed by atoms with E-state index in [2.05, 4.69) is 20.8 Å². The SMILES string of the molecule is C[C@H](CCC(C)(C)O)[C@H]1CCC2=C3CC[C@@H]4C[C@@H](O)CC[C@]4(C)[C@H]3CC[C@@]21C. The fraction of sp³-hybridized carbons (Fsp3) is 0.923. The van der Waals surface area contributed by atoms with Gasteiger partial charge in [-0.15, -0.1) is 0 Å². The summed E-state index contributed by atoms with van der Waals surface area (Å²) in [5.74, 6) is 3.00. The van der Waals surface area contributed by atoms with Crippen molar-refractivity contribution in [1.82, 2.24) is 0 Å². The molecule has 4 aliphatic rings. The molecular weight excluding hydrogens is 344 g/mol. The Hall–Kier alpha value is -0.340. The van der Waals surface area contributed by atoms with E-state index >= 15 is 0 Å². The van der Waals surface area contributed by atoms with Crippen LogP contribution in [0.1, 0.15) is 105 Å². The van der Waals surface area contributed by atoms with Crippen molar-refractivity contribution in [2.45, 2.75) is 117 Å². The fourth-order valence-electron chi connectivity index (χ4n) is 8.20. The van der Waals surface area contributed by atoms with E-state index in [1.165, 1.54) is 44.9 Å². The Kier molecular flexibility index (Phi) is 5.32. The molecule has 2 nitrogen and oxygen atoms in total. The molecular formula is C26H44O2. The smallest absolute Gasteiger partial charge is 0.0591 e. The summed E-state index contributed by atoms with van der Waals surface area (Å²) in [6, 6.07) is 0. The van der Waals surface area contributed by atoms with Gasteiger partial charge in [-0.2, -0.15) is 0 Å². The summed E-state index contributed by atoms with van der Waals surface area (Å²) in [7, 11) is 0. The molecule has 0 aromatic heterocycles. The Bertz CT molecular complexity index is 629. The number of hydrogen-bond donors (Lipinski definition) is 2. The fourth-order valence-corrected chi connectivity index (χ4v) is 8.20. The van der Waals surface area contributed by atoms with Gasteiger partial charge in [0.2, 0.25) is 0 Å². The molecule has 0 aromatic carbocycles. The maximum Gasteiger partial charge on any atom is 0.0591 e. The molecule has 3 fully saturated rings. The Morgan fingerprint density at radius 3 is 2.54 bits per heavy atom. The minimum atomic E-state index is -0.536. The van der Waals surface area contributed by atoms with E-state index in [1.54, 1.807) is 0 Å². The standard InChI is InChI=1S/C26H44O2/c1-17(10-13-24(2,3)28)21-8-9-22-20-7-6-18-16-19(27)11-14-25(18,4)23(20)12-15-26(21,22)5/h17-19,21,23,27-28H,6-16H2,1-5H3/t17-,18-,19+,21-,23+,25+,26-/m1/s1. The van der Waals surface area contributed by atoms with Gasteiger partial charge in [0, 0.05) is 0 Å². The second-order valence-electron chi connectivity index (χ2n) is 12.2. The van der Waals surface area contributed by atoms with Crippen molar-refractivity contribution >= 4 is 0 Å². The van der Waals surface area contributed by atoms with E-state index in [4.69, 9.17) is 0 Å². The van der Waals surface area contributed by atoms with Gasteiger partial charge >= 0.3 is 0 Å². The summed E-state index contributed by atoms with van der Waals surface area (Å²) in [4.78, 5) is 0. The molecule has 28 heavy (non-hydrogen) atoms. The predicted molar refractivity (Wildman–Crippen MR) is 116 cm³/mol. The van der Waals surface area contributed by atoms with Crippen LogP contribution in [0.5, 0.6) is 0 Å². The van der Waals surface area contributed by atoms with E-state index in [0.717, 1.165) is 43.4 Å². The third-order valence-electron chi connectivity index (χ3n) is 9.94. The molecule has 0 saturated heterocycles. The van der Waals surface area contributed by atoms with E-state index < -0.39 is 5.60 Å². The van der Waals surface area contributed by atoms with Gasteiger partial charge in [-0.05, 0) is 119 Å². The highest BCUT2D eigenvalue weighted by Gasteiger charge is 2.55. The summed E-state index contributed by atoms with van der Waals surface area (Å²) < 4.78 is 0. The predicted octanol–water partition coefficient (Wildman–Crippen LogP) is 6.26. The van der Waals surface area contributed by atoms with Crippen molar-refractivity contribution in [3.63, 3.8) is 0 Å². The van der Waals surface area contributed by atoms with Crippen LogP contribution in [-0.4, -0.2) is 21.9 Å². The first-order chi connectivity index (χ1) is 13.0. The van der Waals surface area contributed by atoms with Crippen LogP contribution in [0, 0.1) is 34.5 Å². The van der Waals surface area contributed by atoms with Crippen LogP contribution < -0.4 is 0 Å². The molecule has 160 valence electrons. The first-order valence-electron chi connectivity index (χ1n) is 12.2. The minimum Gasteiger partial charge on any atom is -0.393 e. The first-order valence-corrected chi connectivity index (χ1v) is 12.2. The van der Waals surface area contributed by atoms with Crippen molar-refractivity contribution < 1.29 is 10.2 Å². The molecule has 3 saturated carbocycles. The Morgan fingerprint density at radius 1 is 1.07 bits per heavy atom. The third kappa shape index (κ3) is 3.41. The lowest BCUT2D eigenvalue weighted by Crippen LogP contribution is -2.48. The Labute approximate surface area is 173 Å². The molecule has 0 radical (unpaired) electrons. The molecule has 2 N–H and O–H groups in total. The maximum atomic E-state index is 10.2. The molecule has 0 bridgehead atoms. The highest BCUT2D eigenvalue weighted by Crippen LogP contribution is 2.65. The number of aliphatic hydroxyl groups excluding tert-OH is 1. The quantitative estimate of drug-likeness (QED) is 0.558. The molecule has 4 aliphatic carbocycles. The molecule has 0 spiro atoms. The molecule has 4 rings (SSSR count). The van der Waals surface area contributed by atoms with Crippen LogP contribution in [-0.2, 0) is 0 Å². The highest BCUT2D eigenvalue weighted by atomic mass is 16.3. The van der Waals surface area contributed by atoms with Crippen molar-refractivity contribution in [3.8, 4) is 0 Å². The number of hydrogen-bond acceptors (Lipinski definition) is 2. The molecule has 0 amide bonds. The zero-order valence-electron chi connectivity index (χ0n) is 19.1. The van der Waals surface area contributed by atoms with Gasteiger partial charge in [0.15, 0.2) is 0 Å². The van der Waals surface area contributed by atoms with E-state index in [-0.39, 0.29) is 6.10 Å². The second-order valence-corrected chi connectivity index (χ2v) is 12.2. The third-order valence-corrected chi connectivity index (χ3v) is 9.94. The van der Waals surface area contributed by atoms with Gasteiger partial charge in [0.25, 0.3) is 0 Å². The van der Waals surface area contributed by atoms with E-state index in [1.807, 2.05) is 25.0 Å². The molecule has 0 aliphatic heterocycles. The largest absolute Gasteiger partial charge is 0.393 e. The van der Waals surface area contributed by atoms with Crippen LogP contribution in [0.25, 0.3) is 0 Å². The van der Waals surface area contributed by atoms with Gasteiger partial charge in [-0.25, -0.2) is 0 Å². The van der Waals surface area contributed by atoms with Crippen LogP contribution in [0.2, 0.25) is 0 Å². The molecule has 0 aromatic rings. The summed E-state index contributed by atoms with van der Waals surface area (Å²) in [6.45, 7) is 11.5. The number of fused-ring (bicyclic) bond motifs is 4. The Balaban J connectivity index is 1.57. The van der Waals surface area contributed by atoms with Crippen molar-refractivity contribution in [1.29, 1.82) is 0 Å². The van der Waals surface area contributed by atoms with Crippen LogP contribution >= 0.6 is 0 Å². The van der Waals surface area contributed by atoms with Gasteiger partial charge in [-0.1, -0.05) is 31.9 Å². The summed E-state index contributed by atoms with van der Waals surface area (Å²) >= 11 is 0. The van der Waals surface area contributed by atoms with E-state index in [9.17, 15) is 10.2 Å². The second kappa shape index (κ2) is 7.12. The average Bonchev–Trinajstić information content (AvgIpc) is 2.97. The highest BCUT2D eigenvalue weighted by molar-refractivity contribution is 5.34. The van der Waals surface area contributed by atoms with Gasteiger partial charge in [0.1, 0.15) is 0 Å². The monoisotopic (exact) mass is 388 g/mol. The Morgan fingerprint density at radius 2 is 1.82 bits per heavy atom. The first kappa shape index (κ1) is 20.9. The van der Waals surface area contributed by atoms with Crippen LogP contribution in [0.3, 0.4) is 0 Å². The van der Waals surface area contributed by atoms with Gasteiger partial charge in [0.05, 0.1) is 11.7 Å². The normalized spacial score (nSPS) is 44.7. The molecule has 2 heteroatoms. The summed E-state index contributed by atoms with van der Waals surface area (Å²) in [5, 5.41) is 20.4. The number of rotatable bonds is 4. The van der Waals surface area contributed by atoms with Crippen LogP contribution in [0.15, 0.2) is 11.1 Å². The number of allylic oxidation sites excluding steroid dienone is 2. The van der Waals surface area contributed by atoms with E-state index in [0.29, 0.717) is 16.7 Å². The summed E-state index contributed by atoms with van der Waals surface area (Å²) in [6.07, 6.45) is 13.3. The zero-order chi connectivity index (χ0) is 20.3. The zero-order valence-corrected chi connectivity index (χ0v) is 19.1. The summed E-state index contributed by atoms with van der Waals surface area (Å²) in [5.41, 5.74) is 4.02. The van der Waals surface area contributed by atoms with Crippen molar-refractivity contribution in [3.05, 3.63) is 11.1 Å². The lowest BCUT2D eigenvalue weighted by molar-refractivity contribution is -0.0383. The average molecular weight is 389 g/mol. The molecule has 0 unspecified atom stereocenters. The maximum absolute atomic E-state index is 10.2.